The molecule has 0 bridgehead atoms. The van der Waals surface area contributed by atoms with Crippen molar-refractivity contribution < 1.29 is 9.52 Å². The SMILES string of the molecule is CCN(Cc1ccccc1C)C(=O)c1cccc[n+]1[O-]. The highest BCUT2D eigenvalue weighted by Gasteiger charge is 2.21. The van der Waals surface area contributed by atoms with Crippen molar-refractivity contribution in [2.45, 2.75) is 20.4 Å². The molecule has 1 amide bonds. The first-order valence-corrected chi connectivity index (χ1v) is 6.65. The average Bonchev–Trinajstić information content (AvgIpc) is 2.46. The fourth-order valence-corrected chi connectivity index (χ4v) is 2.08. The van der Waals surface area contributed by atoms with Gasteiger partial charge in [0.15, 0.2) is 6.20 Å². The van der Waals surface area contributed by atoms with Gasteiger partial charge in [0.2, 0.25) is 0 Å². The molecule has 1 heterocycles. The van der Waals surface area contributed by atoms with Gasteiger partial charge >= 0.3 is 5.91 Å². The van der Waals surface area contributed by atoms with Crippen LogP contribution < -0.4 is 4.73 Å². The molecule has 104 valence electrons. The molecule has 2 rings (SSSR count). The Bertz CT molecular complexity index is 611. The molecule has 0 atom stereocenters. The highest BCUT2D eigenvalue weighted by Crippen LogP contribution is 2.12. The molecule has 0 saturated carbocycles. The van der Waals surface area contributed by atoms with Crippen LogP contribution in [0.5, 0.6) is 0 Å². The Labute approximate surface area is 118 Å². The van der Waals surface area contributed by atoms with Crippen LogP contribution in [-0.4, -0.2) is 17.4 Å². The molecular formula is C16H18N2O2. The number of carbonyl (C=O) groups is 1. The Morgan fingerprint density at radius 3 is 2.55 bits per heavy atom. The molecule has 0 aliphatic rings. The van der Waals surface area contributed by atoms with Gasteiger partial charge in [-0.3, -0.25) is 4.79 Å². The van der Waals surface area contributed by atoms with E-state index in [1.165, 1.54) is 6.20 Å². The summed E-state index contributed by atoms with van der Waals surface area (Å²) < 4.78 is 0.614. The Kier molecular flexibility index (Phi) is 4.35. The van der Waals surface area contributed by atoms with Crippen molar-refractivity contribution in [3.63, 3.8) is 0 Å². The Morgan fingerprint density at radius 1 is 1.20 bits per heavy atom. The minimum Gasteiger partial charge on any atom is -0.618 e. The van der Waals surface area contributed by atoms with E-state index in [1.54, 1.807) is 23.1 Å². The van der Waals surface area contributed by atoms with Crippen molar-refractivity contribution in [2.75, 3.05) is 6.54 Å². The normalized spacial score (nSPS) is 10.3. The van der Waals surface area contributed by atoms with Crippen LogP contribution >= 0.6 is 0 Å². The third kappa shape index (κ3) is 2.96. The zero-order chi connectivity index (χ0) is 14.5. The van der Waals surface area contributed by atoms with Crippen LogP contribution in [0.1, 0.15) is 28.5 Å². The van der Waals surface area contributed by atoms with Crippen LogP contribution in [0.4, 0.5) is 0 Å². The first-order valence-electron chi connectivity index (χ1n) is 6.65. The second kappa shape index (κ2) is 6.19. The molecule has 0 saturated heterocycles. The molecule has 2 aromatic rings. The first kappa shape index (κ1) is 14.1. The van der Waals surface area contributed by atoms with Crippen molar-refractivity contribution in [3.05, 3.63) is 70.7 Å². The molecule has 0 unspecified atom stereocenters. The van der Waals surface area contributed by atoms with Gasteiger partial charge < -0.3 is 10.1 Å². The summed E-state index contributed by atoms with van der Waals surface area (Å²) in [6, 6.07) is 12.8. The third-order valence-electron chi connectivity index (χ3n) is 3.33. The van der Waals surface area contributed by atoms with Gasteiger partial charge in [0.05, 0.1) is 0 Å². The predicted molar refractivity (Wildman–Crippen MR) is 77.0 cm³/mol. The number of rotatable bonds is 4. The fourth-order valence-electron chi connectivity index (χ4n) is 2.08. The van der Waals surface area contributed by atoms with Gasteiger partial charge in [-0.15, -0.1) is 0 Å². The van der Waals surface area contributed by atoms with Gasteiger partial charge in [-0.25, -0.2) is 0 Å². The lowest BCUT2D eigenvalue weighted by molar-refractivity contribution is -0.608. The van der Waals surface area contributed by atoms with Gasteiger partial charge in [-0.2, -0.15) is 4.73 Å². The zero-order valence-corrected chi connectivity index (χ0v) is 11.7. The van der Waals surface area contributed by atoms with E-state index in [0.29, 0.717) is 17.8 Å². The Morgan fingerprint density at radius 2 is 1.90 bits per heavy atom. The molecule has 0 spiro atoms. The quantitative estimate of drug-likeness (QED) is 0.632. The molecule has 0 fully saturated rings. The molecule has 4 nitrogen and oxygen atoms in total. The van der Waals surface area contributed by atoms with Gasteiger partial charge in [-0.05, 0) is 31.0 Å². The summed E-state index contributed by atoms with van der Waals surface area (Å²) in [5.74, 6) is -0.244. The van der Waals surface area contributed by atoms with Crippen LogP contribution in [0.15, 0.2) is 48.7 Å². The van der Waals surface area contributed by atoms with Crippen molar-refractivity contribution in [1.82, 2.24) is 4.90 Å². The number of aromatic nitrogens is 1. The summed E-state index contributed by atoms with van der Waals surface area (Å²) in [4.78, 5) is 14.1. The fraction of sp³-hybridized carbons (Fsp3) is 0.250. The van der Waals surface area contributed by atoms with E-state index < -0.39 is 0 Å². The average molecular weight is 270 g/mol. The number of amides is 1. The molecule has 0 N–H and O–H groups in total. The van der Waals surface area contributed by atoms with Crippen molar-refractivity contribution in [1.29, 1.82) is 0 Å². The third-order valence-corrected chi connectivity index (χ3v) is 3.33. The van der Waals surface area contributed by atoms with Crippen molar-refractivity contribution >= 4 is 5.91 Å². The van der Waals surface area contributed by atoms with E-state index in [4.69, 9.17) is 0 Å². The first-order chi connectivity index (χ1) is 9.63. The minimum atomic E-state index is -0.244. The summed E-state index contributed by atoms with van der Waals surface area (Å²) in [7, 11) is 0. The van der Waals surface area contributed by atoms with Crippen LogP contribution in [0.25, 0.3) is 0 Å². The van der Waals surface area contributed by atoms with Crippen LogP contribution in [-0.2, 0) is 6.54 Å². The van der Waals surface area contributed by atoms with Crippen LogP contribution in [0.3, 0.4) is 0 Å². The summed E-state index contributed by atoms with van der Waals surface area (Å²) >= 11 is 0. The van der Waals surface area contributed by atoms with E-state index in [9.17, 15) is 10.0 Å². The van der Waals surface area contributed by atoms with Gasteiger partial charge in [0, 0.05) is 25.2 Å². The molecule has 1 aromatic heterocycles. The lowest BCUT2D eigenvalue weighted by Crippen LogP contribution is -2.41. The van der Waals surface area contributed by atoms with Gasteiger partial charge in [0.25, 0.3) is 5.69 Å². The van der Waals surface area contributed by atoms with E-state index >= 15 is 0 Å². The predicted octanol–water partition coefficient (Wildman–Crippen LogP) is 2.29. The summed E-state index contributed by atoms with van der Waals surface area (Å²) in [6.45, 7) is 5.00. The second-order valence-corrected chi connectivity index (χ2v) is 4.66. The minimum absolute atomic E-state index is 0.155. The number of aryl methyl sites for hydroxylation is 1. The standard InChI is InChI=1S/C16H18N2O2/c1-3-17(12-14-9-5-4-8-13(14)2)16(19)15-10-6-7-11-18(15)20/h4-11H,3,12H2,1-2H3. The Hall–Kier alpha value is -2.36. The largest absolute Gasteiger partial charge is 0.618 e. The van der Waals surface area contributed by atoms with Crippen molar-refractivity contribution in [3.8, 4) is 0 Å². The lowest BCUT2D eigenvalue weighted by atomic mass is 10.1. The highest BCUT2D eigenvalue weighted by atomic mass is 16.5. The molecule has 0 aliphatic carbocycles. The van der Waals surface area contributed by atoms with E-state index in [0.717, 1.165) is 11.1 Å². The summed E-state index contributed by atoms with van der Waals surface area (Å²) in [5, 5.41) is 11.7. The molecule has 0 radical (unpaired) electrons. The number of hydrogen-bond acceptors (Lipinski definition) is 2. The maximum Gasteiger partial charge on any atom is 0.320 e. The molecular weight excluding hydrogens is 252 g/mol. The maximum atomic E-state index is 12.4. The van der Waals surface area contributed by atoms with Crippen LogP contribution in [0, 0.1) is 12.1 Å². The number of hydrogen-bond donors (Lipinski definition) is 0. The molecule has 1 aromatic carbocycles. The van der Waals surface area contributed by atoms with Crippen molar-refractivity contribution in [2.24, 2.45) is 0 Å². The summed E-state index contributed by atoms with van der Waals surface area (Å²) in [6.07, 6.45) is 1.34. The zero-order valence-electron chi connectivity index (χ0n) is 11.7. The smallest absolute Gasteiger partial charge is 0.320 e. The number of pyridine rings is 1. The topological polar surface area (TPSA) is 47.2 Å². The van der Waals surface area contributed by atoms with Gasteiger partial charge in [-0.1, -0.05) is 24.3 Å². The Balaban J connectivity index is 2.23. The second-order valence-electron chi connectivity index (χ2n) is 4.66. The van der Waals surface area contributed by atoms with Gasteiger partial charge in [0.1, 0.15) is 0 Å². The van der Waals surface area contributed by atoms with E-state index in [2.05, 4.69) is 0 Å². The monoisotopic (exact) mass is 270 g/mol. The maximum absolute atomic E-state index is 12.4. The lowest BCUT2D eigenvalue weighted by Gasteiger charge is -2.21. The summed E-state index contributed by atoms with van der Waals surface area (Å²) in [5.41, 5.74) is 2.39. The number of nitrogens with zero attached hydrogens (tertiary/aromatic N) is 2. The molecule has 4 heteroatoms. The number of benzene rings is 1. The number of carbonyl (C=O) groups excluding carboxylic acids is 1. The highest BCUT2D eigenvalue weighted by molar-refractivity contribution is 5.90. The van der Waals surface area contributed by atoms with Crippen LogP contribution in [0.2, 0.25) is 0 Å². The molecule has 0 aliphatic heterocycles. The molecule has 20 heavy (non-hydrogen) atoms. The van der Waals surface area contributed by atoms with E-state index in [1.807, 2.05) is 38.1 Å². The van der Waals surface area contributed by atoms with E-state index in [-0.39, 0.29) is 11.6 Å².